The van der Waals surface area contributed by atoms with E-state index in [2.05, 4.69) is 22.0 Å². The third kappa shape index (κ3) is 3.02. The van der Waals surface area contributed by atoms with Crippen LogP contribution in [-0.2, 0) is 9.53 Å². The molecule has 0 spiro atoms. The summed E-state index contributed by atoms with van der Waals surface area (Å²) in [6.45, 7) is 10.9. The van der Waals surface area contributed by atoms with Gasteiger partial charge >= 0.3 is 5.97 Å². The number of rotatable bonds is 5. The van der Waals surface area contributed by atoms with Crippen LogP contribution in [0.4, 0.5) is 0 Å². The van der Waals surface area contributed by atoms with Crippen LogP contribution in [0.5, 0.6) is 0 Å². The largest absolute Gasteiger partial charge is 0.465 e. The van der Waals surface area contributed by atoms with Gasteiger partial charge in [-0.3, -0.25) is 14.6 Å². The highest BCUT2D eigenvalue weighted by Crippen LogP contribution is 2.20. The molecule has 18 heavy (non-hydrogen) atoms. The van der Waals surface area contributed by atoms with E-state index in [4.69, 9.17) is 4.74 Å². The van der Waals surface area contributed by atoms with Gasteiger partial charge in [-0.25, -0.2) is 0 Å². The van der Waals surface area contributed by atoms with Crippen LogP contribution in [0.1, 0.15) is 20.3 Å². The average molecular weight is 255 g/mol. The number of hydrogen-bond acceptors (Lipinski definition) is 5. The monoisotopic (exact) mass is 255 g/mol. The van der Waals surface area contributed by atoms with Crippen molar-refractivity contribution in [3.05, 3.63) is 0 Å². The number of hydrogen-bond donors (Lipinski definition) is 1. The summed E-state index contributed by atoms with van der Waals surface area (Å²) >= 11 is 0. The number of piperazine rings is 1. The maximum atomic E-state index is 11.8. The van der Waals surface area contributed by atoms with Crippen LogP contribution in [0, 0.1) is 0 Å². The van der Waals surface area contributed by atoms with E-state index in [1.165, 1.54) is 0 Å². The van der Waals surface area contributed by atoms with E-state index in [0.717, 1.165) is 45.7 Å². The second-order valence-corrected chi connectivity index (χ2v) is 5.07. The second-order valence-electron chi connectivity index (χ2n) is 5.07. The van der Waals surface area contributed by atoms with Crippen LogP contribution in [0.3, 0.4) is 0 Å². The average Bonchev–Trinajstić information content (AvgIpc) is 2.34. The number of nitrogens with one attached hydrogen (secondary N) is 1. The van der Waals surface area contributed by atoms with Crippen molar-refractivity contribution in [3.8, 4) is 0 Å². The zero-order chi connectivity index (χ0) is 13.0. The van der Waals surface area contributed by atoms with Gasteiger partial charge in [-0.2, -0.15) is 0 Å². The molecule has 0 aromatic rings. The molecule has 1 N–H and O–H groups in total. The van der Waals surface area contributed by atoms with Crippen LogP contribution in [-0.4, -0.2) is 73.7 Å². The molecule has 2 aliphatic heterocycles. The van der Waals surface area contributed by atoms with Crippen LogP contribution in [0.15, 0.2) is 0 Å². The number of carbonyl (C=O) groups is 1. The minimum atomic E-state index is -0.0567. The van der Waals surface area contributed by atoms with Crippen LogP contribution in [0.25, 0.3) is 0 Å². The summed E-state index contributed by atoms with van der Waals surface area (Å²) in [7, 11) is 0. The molecule has 0 amide bonds. The zero-order valence-corrected chi connectivity index (χ0v) is 11.5. The van der Waals surface area contributed by atoms with Gasteiger partial charge in [0.25, 0.3) is 0 Å². The molecule has 2 heterocycles. The number of ether oxygens (including phenoxy) is 1. The van der Waals surface area contributed by atoms with Crippen molar-refractivity contribution in [2.75, 3.05) is 45.9 Å². The minimum absolute atomic E-state index is 0.0379. The summed E-state index contributed by atoms with van der Waals surface area (Å²) in [5.74, 6) is -0.0567. The molecule has 1 unspecified atom stereocenters. The number of esters is 1. The van der Waals surface area contributed by atoms with E-state index in [9.17, 15) is 4.79 Å². The highest BCUT2D eigenvalue weighted by Gasteiger charge is 2.38. The van der Waals surface area contributed by atoms with Crippen LogP contribution < -0.4 is 5.32 Å². The smallest absolute Gasteiger partial charge is 0.323 e. The van der Waals surface area contributed by atoms with Crippen molar-refractivity contribution >= 4 is 5.97 Å². The lowest BCUT2D eigenvalue weighted by atomic mass is 10.0. The predicted octanol–water partition coefficient (Wildman–Crippen LogP) is -0.0825. The molecule has 1 atom stereocenters. The van der Waals surface area contributed by atoms with Gasteiger partial charge in [0.15, 0.2) is 0 Å². The Hall–Kier alpha value is -0.650. The summed E-state index contributed by atoms with van der Waals surface area (Å²) < 4.78 is 5.13. The summed E-state index contributed by atoms with van der Waals surface area (Å²) in [6.07, 6.45) is 0.840. The first-order chi connectivity index (χ1) is 8.76. The van der Waals surface area contributed by atoms with Crippen LogP contribution >= 0.6 is 0 Å². The summed E-state index contributed by atoms with van der Waals surface area (Å²) in [6, 6.07) is 0.597. The third-order valence-corrected chi connectivity index (χ3v) is 3.94. The Morgan fingerprint density at radius 2 is 2.00 bits per heavy atom. The van der Waals surface area contributed by atoms with Gasteiger partial charge < -0.3 is 10.1 Å². The quantitative estimate of drug-likeness (QED) is 0.696. The third-order valence-electron chi connectivity index (χ3n) is 3.94. The SMILES string of the molecule is CCOC(=O)C(CC)N1CC(N2CCNCC2)C1. The Balaban J connectivity index is 1.77. The summed E-state index contributed by atoms with van der Waals surface area (Å²) in [5.41, 5.74) is 0. The lowest BCUT2D eigenvalue weighted by Gasteiger charge is -2.49. The highest BCUT2D eigenvalue weighted by atomic mass is 16.5. The van der Waals surface area contributed by atoms with E-state index >= 15 is 0 Å². The molecule has 0 aromatic heterocycles. The number of nitrogens with zero attached hydrogens (tertiary/aromatic N) is 2. The van der Waals surface area contributed by atoms with Crippen molar-refractivity contribution in [2.45, 2.75) is 32.4 Å². The van der Waals surface area contributed by atoms with Crippen LogP contribution in [0.2, 0.25) is 0 Å². The van der Waals surface area contributed by atoms with Gasteiger partial charge in [0.2, 0.25) is 0 Å². The Bertz CT molecular complexity index is 273. The predicted molar refractivity (Wildman–Crippen MR) is 70.5 cm³/mol. The molecule has 0 bridgehead atoms. The topological polar surface area (TPSA) is 44.8 Å². The van der Waals surface area contributed by atoms with Crippen molar-refractivity contribution in [2.24, 2.45) is 0 Å². The lowest BCUT2D eigenvalue weighted by Crippen LogP contribution is -2.65. The van der Waals surface area contributed by atoms with Gasteiger partial charge in [0.05, 0.1) is 6.61 Å². The first kappa shape index (κ1) is 13.8. The molecular formula is C13H25N3O2. The molecule has 2 fully saturated rings. The maximum absolute atomic E-state index is 11.8. The zero-order valence-electron chi connectivity index (χ0n) is 11.5. The number of carbonyl (C=O) groups excluding carboxylic acids is 1. The standard InChI is InChI=1S/C13H25N3O2/c1-3-12(13(17)18-4-2)16-9-11(10-16)15-7-5-14-6-8-15/h11-12,14H,3-10H2,1-2H3. The Morgan fingerprint density at radius 3 is 2.56 bits per heavy atom. The fourth-order valence-corrected chi connectivity index (χ4v) is 2.83. The van der Waals surface area contributed by atoms with Crippen molar-refractivity contribution < 1.29 is 9.53 Å². The Morgan fingerprint density at radius 1 is 1.33 bits per heavy atom. The molecule has 5 heteroatoms. The van der Waals surface area contributed by atoms with Crippen molar-refractivity contribution in [1.82, 2.24) is 15.1 Å². The van der Waals surface area contributed by atoms with Crippen molar-refractivity contribution in [1.29, 1.82) is 0 Å². The molecule has 5 nitrogen and oxygen atoms in total. The summed E-state index contributed by atoms with van der Waals surface area (Å²) in [4.78, 5) is 16.6. The molecule has 0 radical (unpaired) electrons. The normalized spacial score (nSPS) is 24.6. The summed E-state index contributed by atoms with van der Waals surface area (Å²) in [5, 5.41) is 3.37. The molecule has 0 aromatic carbocycles. The Labute approximate surface area is 109 Å². The first-order valence-electron chi connectivity index (χ1n) is 7.11. The molecular weight excluding hydrogens is 230 g/mol. The molecule has 2 saturated heterocycles. The molecule has 104 valence electrons. The Kier molecular flexibility index (Phi) is 4.97. The number of likely N-dealkylation sites (tertiary alicyclic amines) is 1. The molecule has 2 aliphatic rings. The van der Waals surface area contributed by atoms with Gasteiger partial charge in [0.1, 0.15) is 6.04 Å². The van der Waals surface area contributed by atoms with E-state index in [1.807, 2.05) is 6.92 Å². The molecule has 0 saturated carbocycles. The van der Waals surface area contributed by atoms with E-state index in [-0.39, 0.29) is 12.0 Å². The van der Waals surface area contributed by atoms with Gasteiger partial charge in [-0.1, -0.05) is 6.92 Å². The first-order valence-corrected chi connectivity index (χ1v) is 7.11. The van der Waals surface area contributed by atoms with Gasteiger partial charge in [0, 0.05) is 45.3 Å². The van der Waals surface area contributed by atoms with Crippen molar-refractivity contribution in [3.63, 3.8) is 0 Å². The van der Waals surface area contributed by atoms with E-state index in [0.29, 0.717) is 12.6 Å². The van der Waals surface area contributed by atoms with E-state index < -0.39 is 0 Å². The van der Waals surface area contributed by atoms with Gasteiger partial charge in [-0.15, -0.1) is 0 Å². The second kappa shape index (κ2) is 6.50. The molecule has 0 aliphatic carbocycles. The van der Waals surface area contributed by atoms with E-state index in [1.54, 1.807) is 0 Å². The maximum Gasteiger partial charge on any atom is 0.323 e. The molecule has 2 rings (SSSR count). The fraction of sp³-hybridized carbons (Fsp3) is 0.923. The van der Waals surface area contributed by atoms with Gasteiger partial charge in [-0.05, 0) is 13.3 Å². The highest BCUT2D eigenvalue weighted by molar-refractivity contribution is 5.75. The lowest BCUT2D eigenvalue weighted by molar-refractivity contribution is -0.153. The fourth-order valence-electron chi connectivity index (χ4n) is 2.83. The minimum Gasteiger partial charge on any atom is -0.465 e.